The predicted octanol–water partition coefficient (Wildman–Crippen LogP) is 0.960. The fourth-order valence-corrected chi connectivity index (χ4v) is 2.72. The summed E-state index contributed by atoms with van der Waals surface area (Å²) in [5.41, 5.74) is 7.32. The minimum Gasteiger partial charge on any atom is -0.490 e. The Bertz CT molecular complexity index is 535. The van der Waals surface area contributed by atoms with Gasteiger partial charge in [0.05, 0.1) is 18.3 Å². The molecule has 21 heavy (non-hydrogen) atoms. The Morgan fingerprint density at radius 1 is 1.48 bits per heavy atom. The molecule has 1 aromatic rings. The van der Waals surface area contributed by atoms with Crippen LogP contribution in [0.25, 0.3) is 0 Å². The number of carbonyl (C=O) groups excluding carboxylic acids is 1. The van der Waals surface area contributed by atoms with Gasteiger partial charge in [-0.15, -0.1) is 0 Å². The van der Waals surface area contributed by atoms with Gasteiger partial charge in [0.15, 0.2) is 0 Å². The van der Waals surface area contributed by atoms with E-state index >= 15 is 0 Å². The van der Waals surface area contributed by atoms with Gasteiger partial charge in [-0.2, -0.15) is 0 Å². The summed E-state index contributed by atoms with van der Waals surface area (Å²) in [4.78, 5) is 14.3. The molecule has 0 spiro atoms. The topological polar surface area (TPSA) is 76.8 Å². The average molecular weight is 291 g/mol. The van der Waals surface area contributed by atoms with E-state index in [1.165, 1.54) is 0 Å². The molecule has 3 N–H and O–H groups in total. The third-order valence-corrected chi connectivity index (χ3v) is 3.98. The Balaban J connectivity index is 1.68. The zero-order valence-electron chi connectivity index (χ0n) is 12.2. The van der Waals surface area contributed by atoms with E-state index in [0.717, 1.165) is 36.5 Å². The van der Waals surface area contributed by atoms with Crippen LogP contribution in [-0.2, 0) is 9.53 Å². The number of hydrogen-bond acceptors (Lipinski definition) is 5. The minimum atomic E-state index is -0.399. The van der Waals surface area contributed by atoms with Gasteiger partial charge < -0.3 is 25.4 Å². The second-order valence-corrected chi connectivity index (χ2v) is 5.50. The Morgan fingerprint density at radius 3 is 3.10 bits per heavy atom. The lowest BCUT2D eigenvalue weighted by Gasteiger charge is -2.28. The van der Waals surface area contributed by atoms with Gasteiger partial charge in [-0.1, -0.05) is 0 Å². The molecule has 0 radical (unpaired) electrons. The van der Waals surface area contributed by atoms with E-state index in [1.807, 2.05) is 25.2 Å². The van der Waals surface area contributed by atoms with Crippen LogP contribution in [0.1, 0.15) is 12.8 Å². The van der Waals surface area contributed by atoms with Crippen molar-refractivity contribution in [2.24, 2.45) is 5.73 Å². The monoisotopic (exact) mass is 291 g/mol. The number of benzene rings is 1. The molecule has 2 aliphatic rings. The van der Waals surface area contributed by atoms with Crippen LogP contribution in [-0.4, -0.2) is 44.9 Å². The standard InChI is InChI=1S/C15H21N3O3/c1-18-6-7-20-13-4-2-10(8-12(13)18)17-15(19)14-5-3-11(9-16)21-14/h2,4,8,11,14H,3,5-7,9,16H2,1H3,(H,17,19)/t11-,14+/m1/s1. The number of hydrogen-bond donors (Lipinski definition) is 2. The molecule has 1 amide bonds. The first kappa shape index (κ1) is 14.2. The second-order valence-electron chi connectivity index (χ2n) is 5.50. The lowest BCUT2D eigenvalue weighted by molar-refractivity contribution is -0.126. The van der Waals surface area contributed by atoms with E-state index in [2.05, 4.69) is 10.2 Å². The molecular formula is C15H21N3O3. The molecule has 0 bridgehead atoms. The summed E-state index contributed by atoms with van der Waals surface area (Å²) >= 11 is 0. The molecule has 1 saturated heterocycles. The SMILES string of the molecule is CN1CCOc2ccc(NC(=O)[C@@H]3CC[C@H](CN)O3)cc21. The molecule has 0 saturated carbocycles. The van der Waals surface area contributed by atoms with Crippen molar-refractivity contribution >= 4 is 17.3 Å². The van der Waals surface area contributed by atoms with Crippen LogP contribution in [0.5, 0.6) is 5.75 Å². The minimum absolute atomic E-state index is 0.00353. The predicted molar refractivity (Wildman–Crippen MR) is 80.8 cm³/mol. The number of rotatable bonds is 3. The molecule has 3 rings (SSSR count). The highest BCUT2D eigenvalue weighted by atomic mass is 16.5. The van der Waals surface area contributed by atoms with Crippen LogP contribution in [0.3, 0.4) is 0 Å². The fraction of sp³-hybridized carbons (Fsp3) is 0.533. The van der Waals surface area contributed by atoms with Crippen LogP contribution >= 0.6 is 0 Å². The van der Waals surface area contributed by atoms with Crippen LogP contribution in [0, 0.1) is 0 Å². The first-order valence-electron chi connectivity index (χ1n) is 7.32. The Morgan fingerprint density at radius 2 is 2.33 bits per heavy atom. The lowest BCUT2D eigenvalue weighted by atomic mass is 10.1. The molecule has 2 heterocycles. The molecule has 2 atom stereocenters. The third-order valence-electron chi connectivity index (χ3n) is 3.98. The number of carbonyl (C=O) groups is 1. The maximum atomic E-state index is 12.2. The first-order valence-corrected chi connectivity index (χ1v) is 7.32. The summed E-state index contributed by atoms with van der Waals surface area (Å²) < 4.78 is 11.2. The largest absolute Gasteiger partial charge is 0.490 e. The van der Waals surface area contributed by atoms with E-state index in [0.29, 0.717) is 13.2 Å². The van der Waals surface area contributed by atoms with E-state index < -0.39 is 6.10 Å². The van der Waals surface area contributed by atoms with E-state index in [1.54, 1.807) is 0 Å². The molecule has 0 aliphatic carbocycles. The highest BCUT2D eigenvalue weighted by Gasteiger charge is 2.30. The van der Waals surface area contributed by atoms with Gasteiger partial charge in [0.25, 0.3) is 5.91 Å². The number of ether oxygens (including phenoxy) is 2. The van der Waals surface area contributed by atoms with Gasteiger partial charge in [-0.05, 0) is 31.0 Å². The number of anilines is 2. The molecule has 2 aliphatic heterocycles. The Kier molecular flexibility index (Phi) is 3.98. The van der Waals surface area contributed by atoms with Crippen LogP contribution in [0.15, 0.2) is 18.2 Å². The van der Waals surface area contributed by atoms with Crippen molar-refractivity contribution in [3.05, 3.63) is 18.2 Å². The molecule has 1 fully saturated rings. The summed E-state index contributed by atoms with van der Waals surface area (Å²) in [5, 5.41) is 2.91. The van der Waals surface area contributed by atoms with Crippen LogP contribution in [0.4, 0.5) is 11.4 Å². The summed E-state index contributed by atoms with van der Waals surface area (Å²) in [6, 6.07) is 5.67. The van der Waals surface area contributed by atoms with E-state index in [4.69, 9.17) is 15.2 Å². The maximum Gasteiger partial charge on any atom is 0.253 e. The van der Waals surface area contributed by atoms with Gasteiger partial charge >= 0.3 is 0 Å². The Hall–Kier alpha value is -1.79. The molecule has 1 aromatic carbocycles. The number of nitrogens with zero attached hydrogens (tertiary/aromatic N) is 1. The van der Waals surface area contributed by atoms with Gasteiger partial charge in [0.2, 0.25) is 0 Å². The lowest BCUT2D eigenvalue weighted by Crippen LogP contribution is -2.30. The summed E-state index contributed by atoms with van der Waals surface area (Å²) in [6.45, 7) is 1.99. The number of likely N-dealkylation sites (N-methyl/N-ethyl adjacent to an activating group) is 1. The van der Waals surface area contributed by atoms with Gasteiger partial charge in [0, 0.05) is 19.3 Å². The van der Waals surface area contributed by atoms with Crippen molar-refractivity contribution in [2.45, 2.75) is 25.0 Å². The molecule has 6 nitrogen and oxygen atoms in total. The fourth-order valence-electron chi connectivity index (χ4n) is 2.72. The van der Waals surface area contributed by atoms with Gasteiger partial charge in [-0.3, -0.25) is 4.79 Å². The molecule has 0 aromatic heterocycles. The number of nitrogens with one attached hydrogen (secondary N) is 1. The highest BCUT2D eigenvalue weighted by Crippen LogP contribution is 2.33. The normalized spacial score (nSPS) is 24.4. The first-order chi connectivity index (χ1) is 10.2. The second kappa shape index (κ2) is 5.91. The van der Waals surface area contributed by atoms with Crippen molar-refractivity contribution in [3.8, 4) is 5.75 Å². The zero-order valence-corrected chi connectivity index (χ0v) is 12.2. The van der Waals surface area contributed by atoms with E-state index in [9.17, 15) is 4.79 Å². The van der Waals surface area contributed by atoms with Crippen molar-refractivity contribution in [3.63, 3.8) is 0 Å². The Labute approximate surface area is 124 Å². The third kappa shape index (κ3) is 2.96. The molecule has 6 heteroatoms. The van der Waals surface area contributed by atoms with Crippen molar-refractivity contribution in [2.75, 3.05) is 37.0 Å². The van der Waals surface area contributed by atoms with Crippen molar-refractivity contribution < 1.29 is 14.3 Å². The quantitative estimate of drug-likeness (QED) is 0.867. The summed E-state index contributed by atoms with van der Waals surface area (Å²) in [6.07, 6.45) is 1.17. The highest BCUT2D eigenvalue weighted by molar-refractivity contribution is 5.95. The van der Waals surface area contributed by atoms with Crippen LogP contribution in [0.2, 0.25) is 0 Å². The maximum absolute atomic E-state index is 12.2. The van der Waals surface area contributed by atoms with Gasteiger partial charge in [-0.25, -0.2) is 0 Å². The van der Waals surface area contributed by atoms with E-state index in [-0.39, 0.29) is 12.0 Å². The molecule has 114 valence electrons. The van der Waals surface area contributed by atoms with Crippen LogP contribution < -0.4 is 20.7 Å². The van der Waals surface area contributed by atoms with Crippen molar-refractivity contribution in [1.29, 1.82) is 0 Å². The summed E-state index contributed by atoms with van der Waals surface area (Å²) in [7, 11) is 2.01. The number of amides is 1. The molecular weight excluding hydrogens is 270 g/mol. The number of nitrogens with two attached hydrogens (primary N) is 1. The molecule has 0 unspecified atom stereocenters. The zero-order chi connectivity index (χ0) is 14.8. The number of fused-ring (bicyclic) bond motifs is 1. The van der Waals surface area contributed by atoms with Crippen molar-refractivity contribution in [1.82, 2.24) is 0 Å². The smallest absolute Gasteiger partial charge is 0.253 e. The summed E-state index contributed by atoms with van der Waals surface area (Å²) in [5.74, 6) is 0.743. The average Bonchev–Trinajstić information content (AvgIpc) is 2.97. The van der Waals surface area contributed by atoms with Gasteiger partial charge in [0.1, 0.15) is 18.5 Å².